The van der Waals surface area contributed by atoms with E-state index in [4.69, 9.17) is 4.98 Å². The van der Waals surface area contributed by atoms with Crippen LogP contribution < -0.4 is 0 Å². The minimum Gasteiger partial charge on any atom is -0.298 e. The molecule has 174 valence electrons. The summed E-state index contributed by atoms with van der Waals surface area (Å²) >= 11 is 0. The van der Waals surface area contributed by atoms with Gasteiger partial charge in [-0.15, -0.1) is 0 Å². The summed E-state index contributed by atoms with van der Waals surface area (Å²) < 4.78 is 2.07. The fraction of sp³-hybridized carbons (Fsp3) is 0.152. The molecule has 0 aliphatic carbocycles. The van der Waals surface area contributed by atoms with Crippen molar-refractivity contribution in [2.45, 2.75) is 34.6 Å². The third kappa shape index (κ3) is 3.22. The summed E-state index contributed by atoms with van der Waals surface area (Å²) in [7, 11) is 0. The molecule has 3 heteroatoms. The van der Waals surface area contributed by atoms with Crippen LogP contribution in [0.15, 0.2) is 72.9 Å². The van der Waals surface area contributed by atoms with Crippen molar-refractivity contribution in [2.24, 2.45) is 0 Å². The summed E-state index contributed by atoms with van der Waals surface area (Å²) in [6, 6.07) is 26.4. The van der Waals surface area contributed by atoms with Gasteiger partial charge in [0.15, 0.2) is 5.69 Å². The van der Waals surface area contributed by atoms with E-state index in [-0.39, 0.29) is 0 Å². The SMILES string of the molecule is Cc1cc(C)c(-c2cccc3c2c2cc(-c4c(C)cccc4C)ccc2n2cc(C#N)nc32)c(C)c1. The zero-order chi connectivity index (χ0) is 25.1. The average molecular weight is 466 g/mol. The smallest absolute Gasteiger partial charge is 0.159 e. The van der Waals surface area contributed by atoms with Gasteiger partial charge in [0.2, 0.25) is 0 Å². The Hall–Kier alpha value is -4.42. The van der Waals surface area contributed by atoms with E-state index >= 15 is 0 Å². The van der Waals surface area contributed by atoms with Gasteiger partial charge in [0.05, 0.1) is 5.52 Å². The largest absolute Gasteiger partial charge is 0.298 e. The molecule has 0 N–H and O–H groups in total. The molecule has 2 heterocycles. The van der Waals surface area contributed by atoms with Gasteiger partial charge in [0.25, 0.3) is 0 Å². The van der Waals surface area contributed by atoms with Crippen LogP contribution in [0.25, 0.3) is 49.6 Å². The highest BCUT2D eigenvalue weighted by Gasteiger charge is 2.18. The number of nitriles is 1. The lowest BCUT2D eigenvalue weighted by atomic mass is 9.88. The molecule has 0 spiro atoms. The molecule has 0 amide bonds. The standard InChI is InChI=1S/C33H27N3/c1-19-14-22(4)31(23(5)15-19)26-10-7-11-27-32(26)28-16-24(30-20(2)8-6-9-21(30)3)12-13-29(28)36-18-25(17-34)35-33(27)36/h6-16,18H,1-5H3. The van der Waals surface area contributed by atoms with Gasteiger partial charge in [-0.2, -0.15) is 5.26 Å². The van der Waals surface area contributed by atoms with E-state index in [0.29, 0.717) is 5.69 Å². The van der Waals surface area contributed by atoms with E-state index < -0.39 is 0 Å². The minimum atomic E-state index is 0.427. The van der Waals surface area contributed by atoms with E-state index in [1.807, 2.05) is 6.20 Å². The molecule has 0 aliphatic rings. The first-order chi connectivity index (χ1) is 17.4. The Morgan fingerprint density at radius 2 is 1.42 bits per heavy atom. The Bertz CT molecular complexity index is 1850. The molecule has 0 saturated carbocycles. The molecule has 0 unspecified atom stereocenters. The van der Waals surface area contributed by atoms with Crippen molar-refractivity contribution in [3.05, 3.63) is 106 Å². The molecular formula is C33H27N3. The quantitative estimate of drug-likeness (QED) is 0.241. The number of rotatable bonds is 2. The van der Waals surface area contributed by atoms with Gasteiger partial charge >= 0.3 is 0 Å². The molecule has 36 heavy (non-hydrogen) atoms. The van der Waals surface area contributed by atoms with E-state index in [1.54, 1.807) is 0 Å². The molecule has 0 saturated heterocycles. The number of pyridine rings is 1. The predicted molar refractivity (Wildman–Crippen MR) is 149 cm³/mol. The van der Waals surface area contributed by atoms with Gasteiger partial charge in [-0.25, -0.2) is 4.98 Å². The summed E-state index contributed by atoms with van der Waals surface area (Å²) in [6.07, 6.45) is 1.85. The first kappa shape index (κ1) is 22.1. The van der Waals surface area contributed by atoms with Gasteiger partial charge in [-0.3, -0.25) is 4.40 Å². The van der Waals surface area contributed by atoms with Crippen LogP contribution in [-0.2, 0) is 0 Å². The lowest BCUT2D eigenvalue weighted by Gasteiger charge is -2.18. The van der Waals surface area contributed by atoms with Crippen LogP contribution in [0.2, 0.25) is 0 Å². The maximum atomic E-state index is 9.64. The molecular weight excluding hydrogens is 438 g/mol. The molecule has 2 aromatic heterocycles. The Labute approximate surface area is 211 Å². The van der Waals surface area contributed by atoms with Crippen LogP contribution in [0.3, 0.4) is 0 Å². The number of fused-ring (bicyclic) bond motifs is 6. The number of hydrogen-bond acceptors (Lipinski definition) is 2. The number of hydrogen-bond donors (Lipinski definition) is 0. The number of benzene rings is 4. The maximum absolute atomic E-state index is 9.64. The van der Waals surface area contributed by atoms with E-state index in [0.717, 1.165) is 21.9 Å². The first-order valence-electron chi connectivity index (χ1n) is 12.3. The molecule has 0 bridgehead atoms. The van der Waals surface area contributed by atoms with E-state index in [1.165, 1.54) is 55.5 Å². The Kier molecular flexibility index (Phi) is 4.95. The lowest BCUT2D eigenvalue weighted by Crippen LogP contribution is -1.96. The number of aryl methyl sites for hydroxylation is 5. The first-order valence-corrected chi connectivity index (χ1v) is 12.3. The number of aromatic nitrogens is 2. The topological polar surface area (TPSA) is 41.1 Å². The maximum Gasteiger partial charge on any atom is 0.159 e. The summed E-state index contributed by atoms with van der Waals surface area (Å²) in [5.74, 6) is 0. The second-order valence-electron chi connectivity index (χ2n) is 9.93. The third-order valence-electron chi connectivity index (χ3n) is 7.37. The van der Waals surface area contributed by atoms with Crippen LogP contribution in [0.1, 0.15) is 33.5 Å². The van der Waals surface area contributed by atoms with Gasteiger partial charge in [-0.05, 0) is 91.3 Å². The van der Waals surface area contributed by atoms with Crippen molar-refractivity contribution in [1.29, 1.82) is 5.26 Å². The van der Waals surface area contributed by atoms with E-state index in [9.17, 15) is 5.26 Å². The number of nitrogens with zero attached hydrogens (tertiary/aromatic N) is 3. The highest BCUT2D eigenvalue weighted by molar-refractivity contribution is 6.18. The number of imidazole rings is 1. The second kappa shape index (κ2) is 8.07. The summed E-state index contributed by atoms with van der Waals surface area (Å²) in [5.41, 5.74) is 13.6. The van der Waals surface area contributed by atoms with Crippen molar-refractivity contribution in [3.8, 4) is 28.3 Å². The van der Waals surface area contributed by atoms with Crippen LogP contribution in [0, 0.1) is 45.9 Å². The zero-order valence-corrected chi connectivity index (χ0v) is 21.3. The predicted octanol–water partition coefficient (Wildman–Crippen LogP) is 8.39. The van der Waals surface area contributed by atoms with Gasteiger partial charge in [0, 0.05) is 22.4 Å². The van der Waals surface area contributed by atoms with Crippen molar-refractivity contribution >= 4 is 27.3 Å². The molecule has 3 nitrogen and oxygen atoms in total. The summed E-state index contributed by atoms with van der Waals surface area (Å²) in [5, 5.41) is 13.0. The van der Waals surface area contributed by atoms with Crippen LogP contribution in [0.5, 0.6) is 0 Å². The molecule has 0 fully saturated rings. The fourth-order valence-corrected chi connectivity index (χ4v) is 6.02. The van der Waals surface area contributed by atoms with Gasteiger partial charge in [0.1, 0.15) is 11.7 Å². The molecule has 0 atom stereocenters. The van der Waals surface area contributed by atoms with Gasteiger partial charge < -0.3 is 0 Å². The average Bonchev–Trinajstić information content (AvgIpc) is 3.28. The molecule has 6 rings (SSSR count). The molecule has 4 aromatic carbocycles. The van der Waals surface area contributed by atoms with Crippen LogP contribution in [0.4, 0.5) is 0 Å². The Morgan fingerprint density at radius 3 is 2.11 bits per heavy atom. The zero-order valence-electron chi connectivity index (χ0n) is 21.3. The monoisotopic (exact) mass is 465 g/mol. The van der Waals surface area contributed by atoms with Crippen molar-refractivity contribution in [3.63, 3.8) is 0 Å². The minimum absolute atomic E-state index is 0.427. The second-order valence-corrected chi connectivity index (χ2v) is 9.93. The fourth-order valence-electron chi connectivity index (χ4n) is 6.02. The molecule has 6 aromatic rings. The highest BCUT2D eigenvalue weighted by Crippen LogP contribution is 2.41. The normalized spacial score (nSPS) is 11.4. The van der Waals surface area contributed by atoms with Crippen LogP contribution in [-0.4, -0.2) is 9.38 Å². The Balaban J connectivity index is 1.83. The summed E-state index contributed by atoms with van der Waals surface area (Å²) in [6.45, 7) is 10.9. The summed E-state index contributed by atoms with van der Waals surface area (Å²) in [4.78, 5) is 4.71. The van der Waals surface area contributed by atoms with Crippen molar-refractivity contribution < 1.29 is 0 Å². The van der Waals surface area contributed by atoms with E-state index in [2.05, 4.69) is 112 Å². The van der Waals surface area contributed by atoms with Crippen molar-refractivity contribution in [1.82, 2.24) is 9.38 Å². The van der Waals surface area contributed by atoms with Crippen LogP contribution >= 0.6 is 0 Å². The molecule has 0 radical (unpaired) electrons. The molecule has 0 aliphatic heterocycles. The Morgan fingerprint density at radius 1 is 0.722 bits per heavy atom. The van der Waals surface area contributed by atoms with Crippen molar-refractivity contribution in [2.75, 3.05) is 0 Å². The highest BCUT2D eigenvalue weighted by atomic mass is 15.0. The van der Waals surface area contributed by atoms with Gasteiger partial charge in [-0.1, -0.05) is 60.2 Å². The lowest BCUT2D eigenvalue weighted by molar-refractivity contribution is 1.27. The third-order valence-corrected chi connectivity index (χ3v) is 7.37.